The second-order valence-electron chi connectivity index (χ2n) is 18.9. The molecular weight excluding hydrogens is 794 g/mol. The lowest BCUT2D eigenvalue weighted by atomic mass is 9.72. The molecule has 1 atom stereocenters. The molecule has 0 bridgehead atoms. The molecule has 16 heteroatoms. The molecule has 3 amide bonds. The van der Waals surface area contributed by atoms with Gasteiger partial charge in [0.15, 0.2) is 5.60 Å². The number of carbonyl (C=O) groups excluding carboxylic acids is 5. The highest BCUT2D eigenvalue weighted by Gasteiger charge is 2.57. The molecule has 0 aliphatic carbocycles. The highest BCUT2D eigenvalue weighted by atomic mass is 16.7. The number of benzene rings is 3. The van der Waals surface area contributed by atoms with E-state index in [4.69, 9.17) is 32.8 Å². The van der Waals surface area contributed by atoms with E-state index in [1.807, 2.05) is 97.9 Å². The van der Waals surface area contributed by atoms with Crippen molar-refractivity contribution in [3.63, 3.8) is 0 Å². The molecule has 3 aromatic carbocycles. The summed E-state index contributed by atoms with van der Waals surface area (Å²) in [5, 5.41) is 2.72. The zero-order valence-electron chi connectivity index (χ0n) is 36.9. The molecule has 62 heavy (non-hydrogen) atoms. The molecule has 5 aliphatic rings. The number of esters is 1. The average molecular weight is 849 g/mol. The van der Waals surface area contributed by atoms with Gasteiger partial charge in [0.05, 0.1) is 41.2 Å². The van der Waals surface area contributed by atoms with E-state index in [0.717, 1.165) is 15.8 Å². The van der Waals surface area contributed by atoms with Crippen molar-refractivity contribution < 1.29 is 56.8 Å². The fourth-order valence-corrected chi connectivity index (χ4v) is 8.42. The molecule has 5 heterocycles. The zero-order valence-corrected chi connectivity index (χ0v) is 36.9. The van der Waals surface area contributed by atoms with Gasteiger partial charge in [-0.25, -0.2) is 4.79 Å². The van der Waals surface area contributed by atoms with Crippen LogP contribution < -0.4 is 21.0 Å². The predicted octanol–water partition coefficient (Wildman–Crippen LogP) is 4.27. The van der Waals surface area contributed by atoms with Gasteiger partial charge in [0.1, 0.15) is 17.3 Å². The van der Waals surface area contributed by atoms with E-state index in [1.165, 1.54) is 0 Å². The minimum atomic E-state index is -1.41. The molecule has 0 saturated carbocycles. The van der Waals surface area contributed by atoms with Crippen molar-refractivity contribution in [3.05, 3.63) is 82.4 Å². The third-order valence-corrected chi connectivity index (χ3v) is 13.5. The van der Waals surface area contributed by atoms with E-state index in [1.54, 1.807) is 19.1 Å². The largest absolute Gasteiger partial charge is 0.494 e. The number of nitrogens with one attached hydrogen (secondary N) is 1. The van der Waals surface area contributed by atoms with Crippen molar-refractivity contribution >= 4 is 54.6 Å². The Hall–Kier alpha value is -4.86. The summed E-state index contributed by atoms with van der Waals surface area (Å²) in [6.45, 7) is 18.2. The van der Waals surface area contributed by atoms with Crippen LogP contribution in [0.5, 0.6) is 11.5 Å². The number of likely N-dealkylation sites (tertiary alicyclic amines) is 1. The highest BCUT2D eigenvalue weighted by molar-refractivity contribution is 6.62. The van der Waals surface area contributed by atoms with Gasteiger partial charge in [-0.1, -0.05) is 37.3 Å². The molecule has 3 saturated heterocycles. The first-order chi connectivity index (χ1) is 29.1. The van der Waals surface area contributed by atoms with E-state index < -0.39 is 48.2 Å². The van der Waals surface area contributed by atoms with Crippen molar-refractivity contribution in [1.29, 1.82) is 0 Å². The van der Waals surface area contributed by atoms with E-state index in [-0.39, 0.29) is 81.4 Å². The Morgan fingerprint density at radius 2 is 1.31 bits per heavy atom. The number of hydrogen-bond acceptors (Lipinski definition) is 12. The van der Waals surface area contributed by atoms with Crippen LogP contribution in [0.4, 0.5) is 0 Å². The van der Waals surface area contributed by atoms with Gasteiger partial charge in [-0.3, -0.25) is 24.1 Å². The number of carbonyl (C=O) groups is 5. The minimum absolute atomic E-state index is 0.0103. The van der Waals surface area contributed by atoms with E-state index in [0.29, 0.717) is 39.3 Å². The number of imide groups is 1. The third kappa shape index (κ3) is 7.67. The Balaban J connectivity index is 0.997. The molecule has 0 radical (unpaired) electrons. The van der Waals surface area contributed by atoms with Crippen LogP contribution in [0.3, 0.4) is 0 Å². The second-order valence-corrected chi connectivity index (χ2v) is 18.9. The van der Waals surface area contributed by atoms with Crippen molar-refractivity contribution in [3.8, 4) is 11.5 Å². The Kier molecular flexibility index (Phi) is 11.1. The van der Waals surface area contributed by atoms with E-state index >= 15 is 0 Å². The van der Waals surface area contributed by atoms with Crippen molar-refractivity contribution in [2.45, 2.75) is 116 Å². The highest BCUT2D eigenvalue weighted by Crippen LogP contribution is 2.56. The van der Waals surface area contributed by atoms with Gasteiger partial charge in [-0.2, -0.15) is 0 Å². The van der Waals surface area contributed by atoms with Gasteiger partial charge in [-0.05, 0) is 96.1 Å². The van der Waals surface area contributed by atoms with Crippen LogP contribution >= 0.6 is 0 Å². The first-order valence-corrected chi connectivity index (χ1v) is 21.4. The molecule has 1 N–H and O–H groups in total. The monoisotopic (exact) mass is 848 g/mol. The predicted molar refractivity (Wildman–Crippen MR) is 228 cm³/mol. The summed E-state index contributed by atoms with van der Waals surface area (Å²) >= 11 is 0. The first kappa shape index (κ1) is 43.8. The van der Waals surface area contributed by atoms with E-state index in [2.05, 4.69) is 5.32 Å². The standard InChI is InChI=1S/C46H54B2N2O12/c1-27-22-39(53)50(40(27)54)19-16-38(52)49-18-21-56-20-17-31(51)23-28-10-13-32-35(24-28)46(58-41(32)55)33-14-11-29(47-59-42(2,3)43(4,5)60-47)25-36(33)57-37-26-30(12-15-34(37)46)48-61-44(6,7)45(8,9)62-48/h10-15,24-27H,16-23H2,1-9H3,(H,49,52). The van der Waals surface area contributed by atoms with E-state index in [9.17, 15) is 24.0 Å². The summed E-state index contributed by atoms with van der Waals surface area (Å²) in [5.74, 6) is -0.830. The SMILES string of the molecule is CC1CC(=O)N(CCC(=O)NCCOCCC(=O)Cc2ccc3c(c2)C2(OC3=O)c3ccc(B4OC(C)(C)C(C)(C)O4)cc3Oc3cc(B4OC(C)(C)C(C)(C)O4)ccc32)C1=O. The molecule has 326 valence electrons. The third-order valence-electron chi connectivity index (χ3n) is 13.5. The van der Waals surface area contributed by atoms with Crippen LogP contribution in [0, 0.1) is 5.92 Å². The summed E-state index contributed by atoms with van der Waals surface area (Å²) in [5.41, 5.74) is 0.650. The Morgan fingerprint density at radius 1 is 0.742 bits per heavy atom. The second kappa shape index (κ2) is 15.7. The van der Waals surface area contributed by atoms with Crippen LogP contribution in [0.1, 0.15) is 114 Å². The fraction of sp³-hybridized carbons (Fsp3) is 0.500. The molecule has 14 nitrogen and oxygen atoms in total. The fourth-order valence-electron chi connectivity index (χ4n) is 8.42. The molecular formula is C46H54B2N2O12. The quantitative estimate of drug-likeness (QED) is 0.113. The zero-order chi connectivity index (χ0) is 44.6. The number of ketones is 1. The summed E-state index contributed by atoms with van der Waals surface area (Å²) in [7, 11) is -1.34. The van der Waals surface area contributed by atoms with Crippen LogP contribution in [0.25, 0.3) is 0 Å². The molecule has 3 fully saturated rings. The lowest BCUT2D eigenvalue weighted by Crippen LogP contribution is -2.41. The number of rotatable bonds is 13. The van der Waals surface area contributed by atoms with Gasteiger partial charge >= 0.3 is 20.2 Å². The maximum atomic E-state index is 13.9. The number of ether oxygens (including phenoxy) is 3. The van der Waals surface area contributed by atoms with Crippen molar-refractivity contribution in [1.82, 2.24) is 10.2 Å². The lowest BCUT2D eigenvalue weighted by Gasteiger charge is -2.37. The molecule has 1 unspecified atom stereocenters. The van der Waals surface area contributed by atoms with Crippen LogP contribution in [0.15, 0.2) is 54.6 Å². The summed E-state index contributed by atoms with van der Waals surface area (Å²) in [6.07, 6.45) is 0.398. The average Bonchev–Trinajstić information content (AvgIpc) is 3.79. The van der Waals surface area contributed by atoms with Crippen LogP contribution in [-0.4, -0.2) is 97.3 Å². The number of fused-ring (bicyclic) bond motifs is 6. The molecule has 1 spiro atoms. The Morgan fingerprint density at radius 3 is 1.84 bits per heavy atom. The van der Waals surface area contributed by atoms with Gasteiger partial charge in [0, 0.05) is 61.4 Å². The van der Waals surface area contributed by atoms with Gasteiger partial charge in [0.25, 0.3) is 0 Å². The minimum Gasteiger partial charge on any atom is -0.456 e. The number of amides is 3. The van der Waals surface area contributed by atoms with Gasteiger partial charge in [0.2, 0.25) is 17.7 Å². The van der Waals surface area contributed by atoms with Crippen molar-refractivity contribution in [2.75, 3.05) is 26.3 Å². The molecule has 5 aliphatic heterocycles. The van der Waals surface area contributed by atoms with Gasteiger partial charge in [-0.15, -0.1) is 0 Å². The molecule has 8 rings (SSSR count). The number of hydrogen-bond donors (Lipinski definition) is 1. The Bertz CT molecular complexity index is 2240. The maximum absolute atomic E-state index is 13.9. The topological polar surface area (TPSA) is 165 Å². The van der Waals surface area contributed by atoms with Gasteiger partial charge < -0.3 is 38.1 Å². The van der Waals surface area contributed by atoms with Crippen LogP contribution in [-0.2, 0) is 59.3 Å². The summed E-state index contributed by atoms with van der Waals surface area (Å²) in [4.78, 5) is 64.7. The Labute approximate surface area is 362 Å². The maximum Gasteiger partial charge on any atom is 0.494 e. The number of nitrogens with zero attached hydrogens (tertiary/aromatic N) is 1. The van der Waals surface area contributed by atoms with Crippen molar-refractivity contribution in [2.24, 2.45) is 5.92 Å². The first-order valence-electron chi connectivity index (χ1n) is 21.4. The lowest BCUT2D eigenvalue weighted by molar-refractivity contribution is -0.139. The number of Topliss-reactive ketones (excluding diaryl/α,β-unsaturated/α-hetero) is 1. The molecule has 0 aromatic heterocycles. The normalized spacial score (nSPS) is 22.0. The molecule has 3 aromatic rings. The smallest absolute Gasteiger partial charge is 0.456 e. The summed E-state index contributed by atoms with van der Waals surface area (Å²) in [6, 6.07) is 16.6. The summed E-state index contributed by atoms with van der Waals surface area (Å²) < 4.78 is 44.4. The van der Waals surface area contributed by atoms with Crippen LogP contribution in [0.2, 0.25) is 0 Å².